The van der Waals surface area contributed by atoms with E-state index >= 15 is 0 Å². The Labute approximate surface area is 119 Å². The van der Waals surface area contributed by atoms with Crippen molar-refractivity contribution < 1.29 is 0 Å². The summed E-state index contributed by atoms with van der Waals surface area (Å²) in [4.78, 5) is 11.8. The van der Waals surface area contributed by atoms with Crippen LogP contribution in [0.4, 0.5) is 0 Å². The maximum Gasteiger partial charge on any atom is 0.207 e. The van der Waals surface area contributed by atoms with Gasteiger partial charge in [0.25, 0.3) is 0 Å². The van der Waals surface area contributed by atoms with E-state index in [1.54, 1.807) is 0 Å². The number of benzene rings is 1. The normalized spacial score (nSPS) is 13.6. The Hall–Kier alpha value is -1.68. The molecule has 1 aromatic heterocycles. The van der Waals surface area contributed by atoms with E-state index < -0.39 is 0 Å². The molecule has 0 saturated heterocycles. The molecule has 0 fully saturated rings. The molecule has 1 aromatic carbocycles. The Kier molecular flexibility index (Phi) is 4.23. The van der Waals surface area contributed by atoms with Gasteiger partial charge in [-0.05, 0) is 45.4 Å². The smallest absolute Gasteiger partial charge is 0.207 e. The summed E-state index contributed by atoms with van der Waals surface area (Å²) in [6, 6.07) is 7.64. The molecule has 0 spiro atoms. The van der Waals surface area contributed by atoms with Crippen LogP contribution in [-0.4, -0.2) is 21.9 Å². The summed E-state index contributed by atoms with van der Waals surface area (Å²) >= 11 is 0. The predicted octanol–water partition coefficient (Wildman–Crippen LogP) is 2.42. The zero-order chi connectivity index (χ0) is 14.8. The van der Waals surface area contributed by atoms with Crippen LogP contribution in [0.25, 0.3) is 10.9 Å². The topological polar surface area (TPSA) is 46.9 Å². The molecule has 0 amide bonds. The SMILES string of the molecule is CC(CNC(C)(C)C)Cn1ncc(=O)c2ccccc21. The van der Waals surface area contributed by atoms with Gasteiger partial charge in [0.2, 0.25) is 5.43 Å². The van der Waals surface area contributed by atoms with Gasteiger partial charge >= 0.3 is 0 Å². The fourth-order valence-electron chi connectivity index (χ4n) is 2.15. The summed E-state index contributed by atoms with van der Waals surface area (Å²) in [5.41, 5.74) is 1.01. The fraction of sp³-hybridized carbons (Fsp3) is 0.500. The van der Waals surface area contributed by atoms with Crippen LogP contribution in [0.5, 0.6) is 0 Å². The largest absolute Gasteiger partial charge is 0.312 e. The molecular weight excluding hydrogens is 250 g/mol. The quantitative estimate of drug-likeness (QED) is 0.930. The van der Waals surface area contributed by atoms with E-state index in [0.29, 0.717) is 5.92 Å². The molecule has 1 unspecified atom stereocenters. The minimum Gasteiger partial charge on any atom is -0.312 e. The van der Waals surface area contributed by atoms with E-state index in [9.17, 15) is 4.79 Å². The highest BCUT2D eigenvalue weighted by molar-refractivity contribution is 5.77. The van der Waals surface area contributed by atoms with Gasteiger partial charge in [0, 0.05) is 17.5 Å². The average molecular weight is 273 g/mol. The van der Waals surface area contributed by atoms with Crippen molar-refractivity contribution in [2.24, 2.45) is 5.92 Å². The number of rotatable bonds is 4. The highest BCUT2D eigenvalue weighted by Gasteiger charge is 2.12. The molecule has 2 rings (SSSR count). The summed E-state index contributed by atoms with van der Waals surface area (Å²) in [6.45, 7) is 10.4. The molecule has 1 atom stereocenters. The minimum absolute atomic E-state index is 0.0164. The molecule has 0 aliphatic rings. The third-order valence-electron chi connectivity index (χ3n) is 3.23. The monoisotopic (exact) mass is 273 g/mol. The van der Waals surface area contributed by atoms with E-state index in [2.05, 4.69) is 38.1 Å². The van der Waals surface area contributed by atoms with Crippen molar-refractivity contribution in [3.05, 3.63) is 40.7 Å². The molecule has 0 saturated carbocycles. The van der Waals surface area contributed by atoms with Crippen LogP contribution in [0.15, 0.2) is 35.3 Å². The lowest BCUT2D eigenvalue weighted by Gasteiger charge is -2.24. The van der Waals surface area contributed by atoms with Gasteiger partial charge in [0.05, 0.1) is 11.7 Å². The summed E-state index contributed by atoms with van der Waals surface area (Å²) in [7, 11) is 0. The van der Waals surface area contributed by atoms with Crippen molar-refractivity contribution in [3.8, 4) is 0 Å². The van der Waals surface area contributed by atoms with Crippen LogP contribution < -0.4 is 10.7 Å². The Morgan fingerprint density at radius 1 is 1.30 bits per heavy atom. The first-order valence-corrected chi connectivity index (χ1v) is 7.07. The molecule has 0 aliphatic heterocycles. The summed E-state index contributed by atoms with van der Waals surface area (Å²) < 4.78 is 1.92. The number of nitrogens with zero attached hydrogens (tertiary/aromatic N) is 2. The van der Waals surface area contributed by atoms with Crippen LogP contribution in [0.1, 0.15) is 27.7 Å². The second-order valence-electron chi connectivity index (χ2n) is 6.44. The van der Waals surface area contributed by atoms with Crippen molar-refractivity contribution in [2.45, 2.75) is 39.8 Å². The highest BCUT2D eigenvalue weighted by atomic mass is 16.1. The Balaban J connectivity index is 2.18. The molecule has 0 bridgehead atoms. The molecule has 1 heterocycles. The van der Waals surface area contributed by atoms with Crippen molar-refractivity contribution >= 4 is 10.9 Å². The molecule has 2 aromatic rings. The Morgan fingerprint density at radius 2 is 2.00 bits per heavy atom. The van der Waals surface area contributed by atoms with Crippen molar-refractivity contribution in [3.63, 3.8) is 0 Å². The van der Waals surface area contributed by atoms with Crippen LogP contribution in [-0.2, 0) is 6.54 Å². The van der Waals surface area contributed by atoms with E-state index in [1.165, 1.54) is 6.20 Å². The Morgan fingerprint density at radius 3 is 2.70 bits per heavy atom. The molecule has 4 nitrogen and oxygen atoms in total. The number of aromatic nitrogens is 2. The second-order valence-corrected chi connectivity index (χ2v) is 6.44. The molecular formula is C16H23N3O. The minimum atomic E-state index is -0.0164. The fourth-order valence-corrected chi connectivity index (χ4v) is 2.15. The molecule has 20 heavy (non-hydrogen) atoms. The van der Waals surface area contributed by atoms with E-state index in [-0.39, 0.29) is 11.0 Å². The lowest BCUT2D eigenvalue weighted by atomic mass is 10.1. The molecule has 108 valence electrons. The predicted molar refractivity (Wildman–Crippen MR) is 82.9 cm³/mol. The van der Waals surface area contributed by atoms with E-state index in [1.807, 2.05) is 28.9 Å². The first-order chi connectivity index (χ1) is 9.37. The Bertz CT molecular complexity index is 640. The van der Waals surface area contributed by atoms with E-state index in [0.717, 1.165) is 24.0 Å². The van der Waals surface area contributed by atoms with Crippen LogP contribution in [0.2, 0.25) is 0 Å². The third-order valence-corrected chi connectivity index (χ3v) is 3.23. The maximum absolute atomic E-state index is 11.8. The number of para-hydroxylation sites is 1. The number of hydrogen-bond acceptors (Lipinski definition) is 3. The van der Waals surface area contributed by atoms with Gasteiger partial charge < -0.3 is 5.32 Å². The zero-order valence-electron chi connectivity index (χ0n) is 12.7. The molecule has 1 N–H and O–H groups in total. The lowest BCUT2D eigenvalue weighted by Crippen LogP contribution is -2.39. The molecule has 4 heteroatoms. The van der Waals surface area contributed by atoms with Gasteiger partial charge in [-0.25, -0.2) is 0 Å². The highest BCUT2D eigenvalue weighted by Crippen LogP contribution is 2.10. The maximum atomic E-state index is 11.8. The van der Waals surface area contributed by atoms with Crippen LogP contribution in [0, 0.1) is 5.92 Å². The summed E-state index contributed by atoms with van der Waals surface area (Å²) in [5, 5.41) is 8.50. The first-order valence-electron chi connectivity index (χ1n) is 7.07. The first kappa shape index (κ1) is 14.7. The van der Waals surface area contributed by atoms with Gasteiger partial charge in [-0.15, -0.1) is 0 Å². The third kappa shape index (κ3) is 3.67. The van der Waals surface area contributed by atoms with Crippen LogP contribution in [0.3, 0.4) is 0 Å². The number of nitrogens with one attached hydrogen (secondary N) is 1. The molecule has 0 radical (unpaired) electrons. The van der Waals surface area contributed by atoms with E-state index in [4.69, 9.17) is 0 Å². The van der Waals surface area contributed by atoms with Gasteiger partial charge in [0.15, 0.2) is 0 Å². The van der Waals surface area contributed by atoms with Crippen LogP contribution >= 0.6 is 0 Å². The summed E-state index contributed by atoms with van der Waals surface area (Å²) in [6.07, 6.45) is 1.41. The van der Waals surface area contributed by atoms with Gasteiger partial charge in [-0.3, -0.25) is 9.48 Å². The van der Waals surface area contributed by atoms with Gasteiger partial charge in [-0.2, -0.15) is 5.10 Å². The zero-order valence-corrected chi connectivity index (χ0v) is 12.7. The number of fused-ring (bicyclic) bond motifs is 1. The number of hydrogen-bond donors (Lipinski definition) is 1. The standard InChI is InChI=1S/C16H23N3O/c1-12(9-17-16(2,3)4)11-19-14-8-6-5-7-13(14)15(20)10-18-19/h5-8,10,12,17H,9,11H2,1-4H3. The molecule has 0 aliphatic carbocycles. The van der Waals surface area contributed by atoms with Crippen molar-refractivity contribution in [1.29, 1.82) is 0 Å². The summed E-state index contributed by atoms with van der Waals surface area (Å²) in [5.74, 6) is 0.438. The van der Waals surface area contributed by atoms with Gasteiger partial charge in [-0.1, -0.05) is 19.1 Å². The van der Waals surface area contributed by atoms with Crippen molar-refractivity contribution in [2.75, 3.05) is 6.54 Å². The average Bonchev–Trinajstić information content (AvgIpc) is 2.39. The second kappa shape index (κ2) is 5.75. The van der Waals surface area contributed by atoms with Gasteiger partial charge in [0.1, 0.15) is 0 Å². The van der Waals surface area contributed by atoms with Crippen molar-refractivity contribution in [1.82, 2.24) is 15.1 Å². The lowest BCUT2D eigenvalue weighted by molar-refractivity contribution is 0.354.